The number of imidazole rings is 1. The van der Waals surface area contributed by atoms with E-state index in [0.717, 1.165) is 21.9 Å². The third-order valence-corrected chi connectivity index (χ3v) is 6.84. The van der Waals surface area contributed by atoms with Gasteiger partial charge in [-0.2, -0.15) is 0 Å². The maximum atomic E-state index is 13.0. The number of anilines is 1. The smallest absolute Gasteiger partial charge is 0.292 e. The van der Waals surface area contributed by atoms with Gasteiger partial charge in [-0.05, 0) is 30.3 Å². The van der Waals surface area contributed by atoms with Crippen molar-refractivity contribution in [2.75, 3.05) is 36.8 Å². The number of aromatic nitrogens is 2. The van der Waals surface area contributed by atoms with E-state index in [2.05, 4.69) is 4.57 Å². The van der Waals surface area contributed by atoms with Crippen LogP contribution in [0, 0.1) is 10.1 Å². The van der Waals surface area contributed by atoms with Gasteiger partial charge in [-0.15, -0.1) is 0 Å². The number of hydrogen-bond donors (Lipinski definition) is 0. The molecule has 0 N–H and O–H groups in total. The number of fused-ring (bicyclic) bond motifs is 1. The summed E-state index contributed by atoms with van der Waals surface area (Å²) in [6.07, 6.45) is 0. The molecule has 0 bridgehead atoms. The minimum absolute atomic E-state index is 0.0406. The Morgan fingerprint density at radius 3 is 2.35 bits per heavy atom. The van der Waals surface area contributed by atoms with Gasteiger partial charge in [-0.1, -0.05) is 54.2 Å². The number of amides is 1. The highest BCUT2D eigenvalue weighted by molar-refractivity contribution is 7.99. The number of benzene rings is 3. The Morgan fingerprint density at radius 1 is 0.912 bits per heavy atom. The number of nitro groups is 1. The lowest BCUT2D eigenvalue weighted by Crippen LogP contribution is -2.49. The lowest BCUT2D eigenvalue weighted by molar-refractivity contribution is -0.384. The Balaban J connectivity index is 1.27. The molecular weight excluding hydrogens is 450 g/mol. The standard InChI is InChI=1S/C25H23N5O3S/c31-24(28-16-14-27(15-17-28)22-12-6-7-13-23(22)30(32)33)18-34-25-26-20-10-4-5-11-21(20)29(25)19-8-2-1-3-9-19/h1-13H,14-18H2. The predicted molar refractivity (Wildman–Crippen MR) is 134 cm³/mol. The molecule has 1 aliphatic rings. The van der Waals surface area contributed by atoms with Crippen LogP contribution in [-0.2, 0) is 4.79 Å². The third-order valence-electron chi connectivity index (χ3n) is 5.92. The van der Waals surface area contributed by atoms with Gasteiger partial charge in [0.2, 0.25) is 5.91 Å². The number of para-hydroxylation sites is 5. The molecule has 0 spiro atoms. The maximum Gasteiger partial charge on any atom is 0.292 e. The number of carbonyl (C=O) groups is 1. The molecule has 1 fully saturated rings. The molecule has 1 aromatic heterocycles. The van der Waals surface area contributed by atoms with Crippen LogP contribution >= 0.6 is 11.8 Å². The van der Waals surface area contributed by atoms with Gasteiger partial charge >= 0.3 is 0 Å². The first-order valence-electron chi connectivity index (χ1n) is 11.0. The Bertz CT molecular complexity index is 1330. The summed E-state index contributed by atoms with van der Waals surface area (Å²) in [6.45, 7) is 2.18. The number of nitrogens with zero attached hydrogens (tertiary/aromatic N) is 5. The monoisotopic (exact) mass is 473 g/mol. The van der Waals surface area contributed by atoms with Gasteiger partial charge in [-0.25, -0.2) is 4.98 Å². The number of nitro benzene ring substituents is 1. The number of hydrogen-bond acceptors (Lipinski definition) is 6. The van der Waals surface area contributed by atoms with E-state index in [0.29, 0.717) is 31.9 Å². The van der Waals surface area contributed by atoms with Crippen LogP contribution in [0.3, 0.4) is 0 Å². The molecule has 1 saturated heterocycles. The van der Waals surface area contributed by atoms with E-state index in [-0.39, 0.29) is 22.3 Å². The molecule has 34 heavy (non-hydrogen) atoms. The summed E-state index contributed by atoms with van der Waals surface area (Å²) in [5.74, 6) is 0.320. The second kappa shape index (κ2) is 9.56. The van der Waals surface area contributed by atoms with Crippen LogP contribution in [0.4, 0.5) is 11.4 Å². The van der Waals surface area contributed by atoms with Gasteiger partial charge in [0.25, 0.3) is 5.69 Å². The minimum Gasteiger partial charge on any atom is -0.362 e. The van der Waals surface area contributed by atoms with Crippen molar-refractivity contribution in [3.8, 4) is 5.69 Å². The molecule has 0 saturated carbocycles. The van der Waals surface area contributed by atoms with Gasteiger partial charge < -0.3 is 9.80 Å². The fourth-order valence-electron chi connectivity index (χ4n) is 4.23. The zero-order valence-electron chi connectivity index (χ0n) is 18.4. The Kier molecular flexibility index (Phi) is 6.18. The summed E-state index contributed by atoms with van der Waals surface area (Å²) in [6, 6.07) is 24.7. The van der Waals surface area contributed by atoms with Gasteiger partial charge in [-0.3, -0.25) is 19.5 Å². The van der Waals surface area contributed by atoms with Gasteiger partial charge in [0.15, 0.2) is 5.16 Å². The van der Waals surface area contributed by atoms with Gasteiger partial charge in [0, 0.05) is 37.9 Å². The molecule has 9 heteroatoms. The van der Waals surface area contributed by atoms with Crippen molar-refractivity contribution in [1.82, 2.24) is 14.5 Å². The van der Waals surface area contributed by atoms with Gasteiger partial charge in [0.05, 0.1) is 21.7 Å². The van der Waals surface area contributed by atoms with Crippen molar-refractivity contribution in [3.63, 3.8) is 0 Å². The average molecular weight is 474 g/mol. The number of carbonyl (C=O) groups excluding carboxylic acids is 1. The van der Waals surface area contributed by atoms with E-state index in [9.17, 15) is 14.9 Å². The molecule has 172 valence electrons. The van der Waals surface area contributed by atoms with Crippen molar-refractivity contribution in [3.05, 3.63) is 89.0 Å². The van der Waals surface area contributed by atoms with Gasteiger partial charge in [0.1, 0.15) is 5.69 Å². The highest BCUT2D eigenvalue weighted by Crippen LogP contribution is 2.30. The summed E-state index contributed by atoms with van der Waals surface area (Å²) in [5, 5.41) is 12.1. The maximum absolute atomic E-state index is 13.0. The molecule has 0 atom stereocenters. The molecule has 4 aromatic rings. The first-order valence-corrected chi connectivity index (χ1v) is 12.0. The van der Waals surface area contributed by atoms with Crippen molar-refractivity contribution < 1.29 is 9.72 Å². The molecule has 1 aliphatic heterocycles. The van der Waals surface area contributed by atoms with Crippen LogP contribution in [-0.4, -0.2) is 57.2 Å². The van der Waals surface area contributed by atoms with Crippen LogP contribution in [0.2, 0.25) is 0 Å². The van der Waals surface area contributed by atoms with Crippen molar-refractivity contribution in [1.29, 1.82) is 0 Å². The molecule has 0 radical (unpaired) electrons. The SMILES string of the molecule is O=C(CSc1nc2ccccc2n1-c1ccccc1)N1CCN(c2ccccc2[N+](=O)[O-])CC1. The second-order valence-corrected chi connectivity index (χ2v) is 8.90. The molecule has 8 nitrogen and oxygen atoms in total. The fraction of sp³-hybridized carbons (Fsp3) is 0.200. The number of thioether (sulfide) groups is 1. The van der Waals surface area contributed by atoms with Crippen LogP contribution < -0.4 is 4.90 Å². The molecule has 1 amide bonds. The fourth-order valence-corrected chi connectivity index (χ4v) is 5.16. The zero-order valence-corrected chi connectivity index (χ0v) is 19.2. The molecular formula is C25H23N5O3S. The highest BCUT2D eigenvalue weighted by atomic mass is 32.2. The summed E-state index contributed by atoms with van der Waals surface area (Å²) in [4.78, 5) is 32.6. The summed E-state index contributed by atoms with van der Waals surface area (Å²) in [5.41, 5.74) is 3.59. The Hall–Kier alpha value is -3.85. The van der Waals surface area contributed by atoms with Crippen LogP contribution in [0.5, 0.6) is 0 Å². The lowest BCUT2D eigenvalue weighted by Gasteiger charge is -2.35. The molecule has 0 aliphatic carbocycles. The Morgan fingerprint density at radius 2 is 1.59 bits per heavy atom. The lowest BCUT2D eigenvalue weighted by atomic mass is 10.2. The van der Waals surface area contributed by atoms with E-state index < -0.39 is 0 Å². The summed E-state index contributed by atoms with van der Waals surface area (Å²) < 4.78 is 2.08. The molecule has 0 unspecified atom stereocenters. The minimum atomic E-state index is -0.359. The highest BCUT2D eigenvalue weighted by Gasteiger charge is 2.26. The van der Waals surface area contributed by atoms with E-state index >= 15 is 0 Å². The van der Waals surface area contributed by atoms with E-state index in [1.54, 1.807) is 18.2 Å². The number of rotatable bonds is 6. The quantitative estimate of drug-likeness (QED) is 0.235. The van der Waals surface area contributed by atoms with Crippen LogP contribution in [0.25, 0.3) is 16.7 Å². The van der Waals surface area contributed by atoms with E-state index in [1.807, 2.05) is 64.4 Å². The molecule has 3 aromatic carbocycles. The summed E-state index contributed by atoms with van der Waals surface area (Å²) >= 11 is 1.43. The number of piperazine rings is 1. The summed E-state index contributed by atoms with van der Waals surface area (Å²) in [7, 11) is 0. The first kappa shape index (κ1) is 22.0. The first-order chi connectivity index (χ1) is 16.6. The van der Waals surface area contributed by atoms with Crippen molar-refractivity contribution in [2.24, 2.45) is 0 Å². The zero-order chi connectivity index (χ0) is 23.5. The molecule has 2 heterocycles. The van der Waals surface area contributed by atoms with Crippen LogP contribution in [0.1, 0.15) is 0 Å². The topological polar surface area (TPSA) is 84.5 Å². The predicted octanol–water partition coefficient (Wildman–Crippen LogP) is 4.37. The largest absolute Gasteiger partial charge is 0.362 e. The van der Waals surface area contributed by atoms with Crippen LogP contribution in [0.15, 0.2) is 84.0 Å². The normalized spacial score (nSPS) is 13.9. The van der Waals surface area contributed by atoms with Crippen molar-refractivity contribution in [2.45, 2.75) is 5.16 Å². The van der Waals surface area contributed by atoms with E-state index in [1.165, 1.54) is 17.8 Å². The van der Waals surface area contributed by atoms with Crippen molar-refractivity contribution >= 4 is 40.1 Å². The second-order valence-electron chi connectivity index (χ2n) is 7.96. The average Bonchev–Trinajstić information content (AvgIpc) is 3.26. The third kappa shape index (κ3) is 4.34. The Labute approximate surface area is 201 Å². The molecule has 5 rings (SSSR count). The van der Waals surface area contributed by atoms with E-state index in [4.69, 9.17) is 4.98 Å².